The van der Waals surface area contributed by atoms with Crippen molar-refractivity contribution in [3.63, 3.8) is 0 Å². The Labute approximate surface area is 158 Å². The Morgan fingerprint density at radius 2 is 1.67 bits per heavy atom. The Morgan fingerprint density at radius 3 is 2.44 bits per heavy atom. The highest BCUT2D eigenvalue weighted by Gasteiger charge is 2.27. The molecule has 4 nitrogen and oxygen atoms in total. The van der Waals surface area contributed by atoms with Gasteiger partial charge in [0.25, 0.3) is 5.65 Å². The third-order valence-corrected chi connectivity index (χ3v) is 5.51. The molecule has 4 aromatic rings. The van der Waals surface area contributed by atoms with Gasteiger partial charge in [0.05, 0.1) is 13.1 Å². The largest absolute Gasteiger partial charge is 0.292 e. The summed E-state index contributed by atoms with van der Waals surface area (Å²) in [5.74, 6) is 1.17. The van der Waals surface area contributed by atoms with E-state index in [2.05, 4.69) is 56.8 Å². The molecule has 1 aliphatic rings. The van der Waals surface area contributed by atoms with Crippen molar-refractivity contribution in [1.29, 1.82) is 5.26 Å². The molecule has 1 aliphatic heterocycles. The zero-order valence-corrected chi connectivity index (χ0v) is 15.2. The minimum atomic E-state index is 0.693. The van der Waals surface area contributed by atoms with Gasteiger partial charge in [-0.15, -0.1) is 0 Å². The predicted molar refractivity (Wildman–Crippen MR) is 108 cm³/mol. The quantitative estimate of drug-likeness (QED) is 0.542. The van der Waals surface area contributed by atoms with Gasteiger partial charge < -0.3 is 0 Å². The molecule has 132 valence electrons. The number of piperidine rings is 1. The molecule has 0 unspecified atom stereocenters. The van der Waals surface area contributed by atoms with Crippen molar-refractivity contribution in [2.75, 3.05) is 18.0 Å². The van der Waals surface area contributed by atoms with E-state index in [0.717, 1.165) is 40.9 Å². The van der Waals surface area contributed by atoms with Crippen LogP contribution >= 0.6 is 0 Å². The molecule has 27 heavy (non-hydrogen) atoms. The minimum Gasteiger partial charge on any atom is -0.292 e. The first kappa shape index (κ1) is 15.9. The summed E-state index contributed by atoms with van der Waals surface area (Å²) in [5.41, 5.74) is 5.80. The molecule has 2 aromatic carbocycles. The lowest BCUT2D eigenvalue weighted by molar-refractivity contribution is -0.467. The summed E-state index contributed by atoms with van der Waals surface area (Å²) in [6.07, 6.45) is 3.72. The number of benzene rings is 2. The molecular weight excluding hydrogens is 332 g/mol. The number of H-pyrrole nitrogens is 1. The molecule has 1 N–H and O–H groups in total. The average Bonchev–Trinajstić information content (AvgIpc) is 3.13. The van der Waals surface area contributed by atoms with Gasteiger partial charge in [-0.2, -0.15) is 9.66 Å². The van der Waals surface area contributed by atoms with Gasteiger partial charge >= 0.3 is 0 Å². The Morgan fingerprint density at radius 1 is 0.926 bits per heavy atom. The smallest absolute Gasteiger partial charge is 0.250 e. The molecule has 1 fully saturated rings. The molecular formula is C23H21N4+. The van der Waals surface area contributed by atoms with E-state index < -0.39 is 0 Å². The van der Waals surface area contributed by atoms with Crippen molar-refractivity contribution in [3.05, 3.63) is 66.2 Å². The summed E-state index contributed by atoms with van der Waals surface area (Å²) in [6.45, 7) is 2.11. The van der Waals surface area contributed by atoms with E-state index in [1.54, 1.807) is 0 Å². The summed E-state index contributed by atoms with van der Waals surface area (Å²) in [5, 5.41) is 10.0. The van der Waals surface area contributed by atoms with Crippen LogP contribution in [0, 0.1) is 11.3 Å². The normalized spacial score (nSPS) is 14.6. The number of para-hydroxylation sites is 2. The van der Waals surface area contributed by atoms with Gasteiger partial charge in [-0.3, -0.25) is 9.88 Å². The number of hydrogen-bond acceptors (Lipinski definition) is 2. The number of hydrogen-bond donors (Lipinski definition) is 1. The second-order valence-electron chi connectivity index (χ2n) is 7.14. The fraction of sp³-hybridized carbons (Fsp3) is 0.217. The molecule has 4 heteroatoms. The number of fused-ring (bicyclic) bond motifs is 3. The van der Waals surface area contributed by atoms with Crippen LogP contribution in [0.5, 0.6) is 0 Å². The van der Waals surface area contributed by atoms with E-state index in [4.69, 9.17) is 0 Å². The van der Waals surface area contributed by atoms with E-state index >= 15 is 0 Å². The third-order valence-electron chi connectivity index (χ3n) is 5.51. The maximum absolute atomic E-state index is 10.0. The van der Waals surface area contributed by atoms with E-state index in [9.17, 15) is 5.26 Å². The molecule has 0 saturated carbocycles. The van der Waals surface area contributed by atoms with E-state index in [1.165, 1.54) is 25.1 Å². The molecule has 1 saturated heterocycles. The monoisotopic (exact) mass is 353 g/mol. The summed E-state index contributed by atoms with van der Waals surface area (Å²) >= 11 is 0. The number of anilines is 1. The molecule has 5 rings (SSSR count). The number of pyridine rings is 1. The summed E-state index contributed by atoms with van der Waals surface area (Å²) < 4.78 is 2.23. The molecule has 0 spiro atoms. The van der Waals surface area contributed by atoms with E-state index in [0.29, 0.717) is 5.56 Å². The van der Waals surface area contributed by atoms with Crippen LogP contribution in [0.2, 0.25) is 0 Å². The summed E-state index contributed by atoms with van der Waals surface area (Å²) in [4.78, 5) is 5.96. The van der Waals surface area contributed by atoms with Crippen LogP contribution in [-0.4, -0.2) is 18.1 Å². The molecule has 0 radical (unpaired) electrons. The van der Waals surface area contributed by atoms with E-state index in [-0.39, 0.29) is 0 Å². The second kappa shape index (κ2) is 6.44. The minimum absolute atomic E-state index is 0.693. The van der Waals surface area contributed by atoms with Crippen LogP contribution < -0.4 is 9.30 Å². The van der Waals surface area contributed by atoms with Gasteiger partial charge in [0, 0.05) is 11.6 Å². The molecule has 2 aromatic heterocycles. The first-order chi connectivity index (χ1) is 13.4. The van der Waals surface area contributed by atoms with Crippen LogP contribution in [-0.2, 0) is 0 Å². The standard InChI is InChI=1S/C23H20N4/c24-16-19-18(17-9-3-1-4-10-17)15-22(26-13-7-2-8-14-26)27-21-12-6-5-11-20(21)25-23(19)27/h1,3-6,9-12,15H,2,7-8,13-14H2/p+1. The van der Waals surface area contributed by atoms with Crippen LogP contribution in [0.3, 0.4) is 0 Å². The number of imidazole rings is 1. The number of nitrogens with one attached hydrogen (secondary N) is 1. The first-order valence-corrected chi connectivity index (χ1v) is 9.57. The zero-order chi connectivity index (χ0) is 18.2. The Balaban J connectivity index is 1.89. The molecule has 0 atom stereocenters. The number of nitriles is 1. The SMILES string of the molecule is N#Cc1c(-c2ccccc2)cc(N2CCCCC2)[n+]2c1[nH]c1ccccc12. The Kier molecular flexibility index (Phi) is 3.79. The van der Waals surface area contributed by atoms with Crippen molar-refractivity contribution < 1.29 is 4.40 Å². The van der Waals surface area contributed by atoms with Crippen LogP contribution in [0.25, 0.3) is 27.8 Å². The summed E-state index contributed by atoms with van der Waals surface area (Å²) in [6, 6.07) is 23.2. The fourth-order valence-corrected chi connectivity index (χ4v) is 4.20. The highest BCUT2D eigenvalue weighted by molar-refractivity contribution is 5.83. The van der Waals surface area contributed by atoms with Crippen molar-refractivity contribution in [2.24, 2.45) is 0 Å². The maximum Gasteiger partial charge on any atom is 0.250 e. The van der Waals surface area contributed by atoms with Crippen molar-refractivity contribution in [1.82, 2.24) is 4.98 Å². The number of aromatic nitrogens is 2. The van der Waals surface area contributed by atoms with Crippen molar-refractivity contribution in [2.45, 2.75) is 19.3 Å². The van der Waals surface area contributed by atoms with Gasteiger partial charge in [-0.05, 0) is 37.0 Å². The molecule has 0 bridgehead atoms. The molecule has 3 heterocycles. The second-order valence-corrected chi connectivity index (χ2v) is 7.14. The first-order valence-electron chi connectivity index (χ1n) is 9.57. The van der Waals surface area contributed by atoms with Crippen molar-refractivity contribution >= 4 is 22.5 Å². The van der Waals surface area contributed by atoms with Crippen molar-refractivity contribution in [3.8, 4) is 17.2 Å². The third kappa shape index (κ3) is 2.55. The van der Waals surface area contributed by atoms with Crippen LogP contribution in [0.4, 0.5) is 5.82 Å². The number of rotatable bonds is 2. The molecule has 0 aliphatic carbocycles. The lowest BCUT2D eigenvalue weighted by Crippen LogP contribution is -2.38. The lowest BCUT2D eigenvalue weighted by atomic mass is 10.0. The molecule has 0 amide bonds. The maximum atomic E-state index is 10.0. The average molecular weight is 353 g/mol. The predicted octanol–water partition coefficient (Wildman–Crippen LogP) is 4.44. The van der Waals surface area contributed by atoms with Gasteiger partial charge in [0.2, 0.25) is 5.82 Å². The highest BCUT2D eigenvalue weighted by Crippen LogP contribution is 2.31. The Hall–Kier alpha value is -3.32. The van der Waals surface area contributed by atoms with E-state index in [1.807, 2.05) is 24.3 Å². The van der Waals surface area contributed by atoms with Gasteiger partial charge in [-0.1, -0.05) is 42.5 Å². The van der Waals surface area contributed by atoms with Gasteiger partial charge in [-0.25, -0.2) is 0 Å². The lowest BCUT2D eigenvalue weighted by Gasteiger charge is -2.25. The van der Waals surface area contributed by atoms with Gasteiger partial charge in [0.15, 0.2) is 0 Å². The topological polar surface area (TPSA) is 46.9 Å². The fourth-order valence-electron chi connectivity index (χ4n) is 4.20. The summed E-state index contributed by atoms with van der Waals surface area (Å²) in [7, 11) is 0. The van der Waals surface area contributed by atoms with Crippen LogP contribution in [0.1, 0.15) is 24.8 Å². The highest BCUT2D eigenvalue weighted by atomic mass is 15.2. The number of aromatic amines is 1. The van der Waals surface area contributed by atoms with Gasteiger partial charge in [0.1, 0.15) is 22.7 Å². The Bertz CT molecular complexity index is 1160. The number of nitrogens with zero attached hydrogens (tertiary/aromatic N) is 3. The zero-order valence-electron chi connectivity index (χ0n) is 15.2. The van der Waals surface area contributed by atoms with Crippen LogP contribution in [0.15, 0.2) is 60.7 Å².